The predicted octanol–water partition coefficient (Wildman–Crippen LogP) is 4.10. The van der Waals surface area contributed by atoms with E-state index >= 15 is 0 Å². The van der Waals surface area contributed by atoms with Gasteiger partial charge in [-0.15, -0.1) is 0 Å². The number of anilines is 1. The number of aromatic nitrogens is 2. The molecule has 1 N–H and O–H groups in total. The second kappa shape index (κ2) is 6.67. The zero-order valence-electron chi connectivity index (χ0n) is 14.0. The molecule has 2 rings (SSSR count). The first-order valence-electron chi connectivity index (χ1n) is 7.57. The van der Waals surface area contributed by atoms with E-state index in [1.165, 1.54) is 11.6 Å². The van der Waals surface area contributed by atoms with Gasteiger partial charge >= 0.3 is 6.18 Å². The van der Waals surface area contributed by atoms with Crippen molar-refractivity contribution in [2.24, 2.45) is 5.92 Å². The van der Waals surface area contributed by atoms with E-state index in [9.17, 15) is 18.0 Å². The number of amides is 1. The quantitative estimate of drug-likeness (QED) is 0.911. The molecule has 2 aromatic rings. The van der Waals surface area contributed by atoms with Crippen LogP contribution in [0.25, 0.3) is 0 Å². The van der Waals surface area contributed by atoms with Gasteiger partial charge in [0, 0.05) is 11.4 Å². The number of nitrogens with one attached hydrogen (secondary N) is 1. The maximum Gasteiger partial charge on any atom is 0.435 e. The molecule has 0 unspecified atom stereocenters. The van der Waals surface area contributed by atoms with Crippen LogP contribution in [-0.4, -0.2) is 15.7 Å². The van der Waals surface area contributed by atoms with Gasteiger partial charge in [0.2, 0.25) is 5.91 Å². The van der Waals surface area contributed by atoms with Gasteiger partial charge in [0.15, 0.2) is 5.69 Å². The van der Waals surface area contributed by atoms with Gasteiger partial charge in [-0.2, -0.15) is 18.3 Å². The van der Waals surface area contributed by atoms with Crippen molar-refractivity contribution in [1.29, 1.82) is 0 Å². The molecule has 0 aliphatic heterocycles. The fourth-order valence-corrected chi connectivity index (χ4v) is 2.39. The third-order valence-electron chi connectivity index (χ3n) is 3.81. The molecule has 1 atom stereocenters. The highest BCUT2D eigenvalue weighted by Gasteiger charge is 2.34. The molecule has 7 heteroatoms. The average Bonchev–Trinajstić information content (AvgIpc) is 2.83. The number of aryl methyl sites for hydroxylation is 3. The first-order valence-corrected chi connectivity index (χ1v) is 7.57. The highest BCUT2D eigenvalue weighted by Crippen LogP contribution is 2.28. The van der Waals surface area contributed by atoms with Crippen LogP contribution in [0.1, 0.15) is 29.4 Å². The summed E-state index contributed by atoms with van der Waals surface area (Å²) < 4.78 is 39.3. The zero-order valence-corrected chi connectivity index (χ0v) is 14.0. The van der Waals surface area contributed by atoms with Crippen LogP contribution in [-0.2, 0) is 17.5 Å². The summed E-state index contributed by atoms with van der Waals surface area (Å²) in [7, 11) is 0. The molecule has 1 amide bonds. The molecule has 0 fully saturated rings. The predicted molar refractivity (Wildman–Crippen MR) is 85.7 cm³/mol. The largest absolute Gasteiger partial charge is 0.435 e. The topological polar surface area (TPSA) is 46.9 Å². The standard InChI is InChI=1S/C17H20F3N3O/c1-10-5-6-14(11(2)7-10)21-16(24)12(3)9-23-13(4)8-15(22-23)17(18,19)20/h5-8,12H,9H2,1-4H3,(H,21,24)/t12-/m0/s1. The van der Waals surface area contributed by atoms with E-state index in [1.807, 2.05) is 32.0 Å². The lowest BCUT2D eigenvalue weighted by molar-refractivity contribution is -0.141. The summed E-state index contributed by atoms with van der Waals surface area (Å²) in [5.74, 6) is -0.782. The highest BCUT2D eigenvalue weighted by atomic mass is 19.4. The van der Waals surface area contributed by atoms with Crippen molar-refractivity contribution < 1.29 is 18.0 Å². The van der Waals surface area contributed by atoms with Gasteiger partial charge in [0.1, 0.15) is 0 Å². The lowest BCUT2D eigenvalue weighted by Gasteiger charge is -2.15. The first kappa shape index (κ1) is 18.0. The highest BCUT2D eigenvalue weighted by molar-refractivity contribution is 5.93. The number of hydrogen-bond acceptors (Lipinski definition) is 2. The molecule has 4 nitrogen and oxygen atoms in total. The molecule has 24 heavy (non-hydrogen) atoms. The summed E-state index contributed by atoms with van der Waals surface area (Å²) in [4.78, 5) is 12.3. The summed E-state index contributed by atoms with van der Waals surface area (Å²) >= 11 is 0. The Bertz CT molecular complexity index is 750. The zero-order chi connectivity index (χ0) is 18.1. The first-order chi connectivity index (χ1) is 11.1. The minimum atomic E-state index is -4.49. The Balaban J connectivity index is 2.08. The van der Waals surface area contributed by atoms with Crippen molar-refractivity contribution in [2.45, 2.75) is 40.4 Å². The van der Waals surface area contributed by atoms with E-state index in [1.54, 1.807) is 6.92 Å². The van der Waals surface area contributed by atoms with Gasteiger partial charge in [0.05, 0.1) is 12.5 Å². The number of carbonyl (C=O) groups excluding carboxylic acids is 1. The van der Waals surface area contributed by atoms with Crippen LogP contribution in [0.2, 0.25) is 0 Å². The smallest absolute Gasteiger partial charge is 0.326 e. The lowest BCUT2D eigenvalue weighted by Crippen LogP contribution is -2.25. The molecule has 0 aliphatic carbocycles. The van der Waals surface area contributed by atoms with E-state index in [0.29, 0.717) is 11.4 Å². The maximum absolute atomic E-state index is 12.7. The van der Waals surface area contributed by atoms with Crippen LogP contribution in [0.4, 0.5) is 18.9 Å². The summed E-state index contributed by atoms with van der Waals surface area (Å²) in [5, 5.41) is 6.36. The van der Waals surface area contributed by atoms with Gasteiger partial charge in [-0.25, -0.2) is 0 Å². The molecular weight excluding hydrogens is 319 g/mol. The van der Waals surface area contributed by atoms with Crippen LogP contribution < -0.4 is 5.32 Å². The van der Waals surface area contributed by atoms with Crippen LogP contribution in [0, 0.1) is 26.7 Å². The number of halogens is 3. The maximum atomic E-state index is 12.7. The van der Waals surface area contributed by atoms with E-state index < -0.39 is 17.8 Å². The molecule has 0 spiro atoms. The van der Waals surface area contributed by atoms with Crippen LogP contribution in [0.15, 0.2) is 24.3 Å². The van der Waals surface area contributed by atoms with Gasteiger partial charge in [-0.3, -0.25) is 9.48 Å². The van der Waals surface area contributed by atoms with E-state index in [4.69, 9.17) is 0 Å². The van der Waals surface area contributed by atoms with Gasteiger partial charge in [0.25, 0.3) is 0 Å². The molecule has 1 heterocycles. The third kappa shape index (κ3) is 4.15. The Kier molecular flexibility index (Phi) is 5.01. The number of rotatable bonds is 4. The van der Waals surface area contributed by atoms with E-state index in [0.717, 1.165) is 17.2 Å². The molecule has 1 aromatic carbocycles. The van der Waals surface area contributed by atoms with Crippen molar-refractivity contribution in [1.82, 2.24) is 9.78 Å². The van der Waals surface area contributed by atoms with Gasteiger partial charge in [-0.1, -0.05) is 24.6 Å². The third-order valence-corrected chi connectivity index (χ3v) is 3.81. The average molecular weight is 339 g/mol. The number of benzene rings is 1. The Morgan fingerprint density at radius 2 is 1.92 bits per heavy atom. The fourth-order valence-electron chi connectivity index (χ4n) is 2.39. The van der Waals surface area contributed by atoms with Crippen LogP contribution >= 0.6 is 0 Å². The second-order valence-electron chi connectivity index (χ2n) is 6.06. The normalized spacial score (nSPS) is 13.0. The summed E-state index contributed by atoms with van der Waals surface area (Å²) in [5.41, 5.74) is 2.15. The number of alkyl halides is 3. The Labute approximate surface area is 138 Å². The minimum absolute atomic E-state index is 0.0820. The van der Waals surface area contributed by atoms with Gasteiger partial charge in [-0.05, 0) is 38.5 Å². The monoisotopic (exact) mass is 339 g/mol. The molecule has 0 saturated carbocycles. The Morgan fingerprint density at radius 3 is 2.46 bits per heavy atom. The van der Waals surface area contributed by atoms with Crippen molar-refractivity contribution in [3.63, 3.8) is 0 Å². The lowest BCUT2D eigenvalue weighted by atomic mass is 10.1. The molecule has 0 bridgehead atoms. The molecule has 0 radical (unpaired) electrons. The summed E-state index contributed by atoms with van der Waals surface area (Å²) in [6.45, 7) is 7.13. The van der Waals surface area contributed by atoms with Crippen molar-refractivity contribution in [2.75, 3.05) is 5.32 Å². The molecule has 0 aliphatic rings. The minimum Gasteiger partial charge on any atom is -0.326 e. The SMILES string of the molecule is Cc1ccc(NC(=O)[C@@H](C)Cn2nc(C(F)(F)F)cc2C)c(C)c1. The number of hydrogen-bond donors (Lipinski definition) is 1. The van der Waals surface area contributed by atoms with Crippen molar-refractivity contribution in [3.8, 4) is 0 Å². The van der Waals surface area contributed by atoms with E-state index in [2.05, 4.69) is 10.4 Å². The van der Waals surface area contributed by atoms with Crippen LogP contribution in [0.5, 0.6) is 0 Å². The summed E-state index contributed by atoms with van der Waals surface area (Å²) in [6.07, 6.45) is -4.49. The molecule has 1 aromatic heterocycles. The number of nitrogens with zero attached hydrogens (tertiary/aromatic N) is 2. The molecular formula is C17H20F3N3O. The molecule has 0 saturated heterocycles. The van der Waals surface area contributed by atoms with Gasteiger partial charge < -0.3 is 5.32 Å². The number of carbonyl (C=O) groups is 1. The Hall–Kier alpha value is -2.31. The Morgan fingerprint density at radius 1 is 1.25 bits per heavy atom. The molecule has 130 valence electrons. The van der Waals surface area contributed by atoms with E-state index in [-0.39, 0.29) is 12.5 Å². The van der Waals surface area contributed by atoms with Crippen molar-refractivity contribution >= 4 is 11.6 Å². The van der Waals surface area contributed by atoms with Crippen molar-refractivity contribution in [3.05, 3.63) is 46.8 Å². The fraction of sp³-hybridized carbons (Fsp3) is 0.412. The summed E-state index contributed by atoms with van der Waals surface area (Å²) in [6, 6.07) is 6.64. The second-order valence-corrected chi connectivity index (χ2v) is 6.06. The van der Waals surface area contributed by atoms with Crippen LogP contribution in [0.3, 0.4) is 0 Å².